The van der Waals surface area contributed by atoms with E-state index in [1.54, 1.807) is 25.2 Å². The van der Waals surface area contributed by atoms with Gasteiger partial charge < -0.3 is 5.73 Å². The Kier molecular flexibility index (Phi) is 5.67. The zero-order valence-electron chi connectivity index (χ0n) is 12.1. The maximum absolute atomic E-state index is 12.3. The normalized spacial score (nSPS) is 12.1. The summed E-state index contributed by atoms with van der Waals surface area (Å²) in [5, 5.41) is 7.40. The number of nitrogens with zero attached hydrogens (tertiary/aromatic N) is 2. The van der Waals surface area contributed by atoms with Gasteiger partial charge in [0.15, 0.2) is 0 Å². The molecule has 3 N–H and O–H groups in total. The third-order valence-electron chi connectivity index (χ3n) is 3.07. The van der Waals surface area contributed by atoms with Gasteiger partial charge in [0.25, 0.3) is 10.2 Å². The third kappa shape index (κ3) is 3.78. The first-order chi connectivity index (χ1) is 9.32. The molecular weight excluding hydrogens is 276 g/mol. The molecule has 0 fully saturated rings. The fraction of sp³-hybridized carbons (Fsp3) is 0.462. The SMILES string of the molecule is CCN(CC)S(=O)(=O)N(C)Cc1cccc(C(=N)N)c1. The van der Waals surface area contributed by atoms with Gasteiger partial charge in [0.05, 0.1) is 0 Å². The van der Waals surface area contributed by atoms with Crippen molar-refractivity contribution < 1.29 is 8.42 Å². The van der Waals surface area contributed by atoms with E-state index in [4.69, 9.17) is 11.1 Å². The van der Waals surface area contributed by atoms with Gasteiger partial charge in [-0.2, -0.15) is 17.0 Å². The number of nitrogens with one attached hydrogen (secondary N) is 1. The summed E-state index contributed by atoms with van der Waals surface area (Å²) in [5.74, 6) is -0.0268. The standard InChI is InChI=1S/C13H22N4O2S/c1-4-17(5-2)20(18,19)16(3)10-11-7-6-8-12(9-11)13(14)15/h6-9H,4-5,10H2,1-3H3,(H3,14,15). The molecule has 0 aliphatic rings. The van der Waals surface area contributed by atoms with Crippen LogP contribution in [0.15, 0.2) is 24.3 Å². The zero-order valence-corrected chi connectivity index (χ0v) is 12.9. The molecule has 1 aromatic carbocycles. The highest BCUT2D eigenvalue weighted by atomic mass is 32.2. The molecule has 7 heteroatoms. The Bertz CT molecular complexity index is 567. The maximum Gasteiger partial charge on any atom is 0.282 e. The van der Waals surface area contributed by atoms with Gasteiger partial charge in [0, 0.05) is 32.2 Å². The van der Waals surface area contributed by atoms with Crippen molar-refractivity contribution in [2.45, 2.75) is 20.4 Å². The van der Waals surface area contributed by atoms with Crippen molar-refractivity contribution in [1.29, 1.82) is 5.41 Å². The van der Waals surface area contributed by atoms with Gasteiger partial charge in [-0.15, -0.1) is 0 Å². The van der Waals surface area contributed by atoms with Crippen LogP contribution < -0.4 is 5.73 Å². The minimum absolute atomic E-state index is 0.0268. The number of nitrogen functional groups attached to an aromatic ring is 1. The fourth-order valence-electron chi connectivity index (χ4n) is 1.92. The minimum atomic E-state index is -3.45. The second-order valence-corrected chi connectivity index (χ2v) is 6.50. The van der Waals surface area contributed by atoms with E-state index in [0.29, 0.717) is 18.7 Å². The molecule has 0 radical (unpaired) electrons. The molecule has 0 heterocycles. The molecule has 0 atom stereocenters. The van der Waals surface area contributed by atoms with Crippen LogP contribution in [0.4, 0.5) is 0 Å². The molecule has 1 rings (SSSR count). The number of rotatable bonds is 7. The van der Waals surface area contributed by atoms with E-state index in [-0.39, 0.29) is 12.4 Å². The molecule has 0 saturated heterocycles. The lowest BCUT2D eigenvalue weighted by Crippen LogP contribution is -2.41. The predicted molar refractivity (Wildman–Crippen MR) is 80.8 cm³/mol. The summed E-state index contributed by atoms with van der Waals surface area (Å²) in [6.07, 6.45) is 0. The van der Waals surface area contributed by atoms with Gasteiger partial charge in [-0.25, -0.2) is 0 Å². The highest BCUT2D eigenvalue weighted by Crippen LogP contribution is 2.12. The summed E-state index contributed by atoms with van der Waals surface area (Å²) in [4.78, 5) is 0. The van der Waals surface area contributed by atoms with Gasteiger partial charge in [-0.1, -0.05) is 32.0 Å². The Morgan fingerprint density at radius 1 is 1.30 bits per heavy atom. The second-order valence-electron chi connectivity index (χ2n) is 4.46. The molecule has 6 nitrogen and oxygen atoms in total. The number of nitrogens with two attached hydrogens (primary N) is 1. The molecule has 0 unspecified atom stereocenters. The van der Waals surface area contributed by atoms with E-state index in [2.05, 4.69) is 0 Å². The van der Waals surface area contributed by atoms with E-state index < -0.39 is 10.2 Å². The monoisotopic (exact) mass is 298 g/mol. The van der Waals surface area contributed by atoms with E-state index in [1.165, 1.54) is 8.61 Å². The summed E-state index contributed by atoms with van der Waals surface area (Å²) in [7, 11) is -1.90. The van der Waals surface area contributed by atoms with Crippen LogP contribution in [0.5, 0.6) is 0 Å². The first kappa shape index (κ1) is 16.6. The summed E-state index contributed by atoms with van der Waals surface area (Å²) in [6, 6.07) is 7.05. The van der Waals surface area contributed by atoms with E-state index in [0.717, 1.165) is 5.56 Å². The Labute approximate surface area is 120 Å². The van der Waals surface area contributed by atoms with E-state index >= 15 is 0 Å². The van der Waals surface area contributed by atoms with Crippen LogP contribution in [0.1, 0.15) is 25.0 Å². The van der Waals surface area contributed by atoms with Crippen molar-refractivity contribution in [3.05, 3.63) is 35.4 Å². The van der Waals surface area contributed by atoms with Gasteiger partial charge in [-0.05, 0) is 11.6 Å². The first-order valence-corrected chi connectivity index (χ1v) is 7.87. The molecule has 0 aromatic heterocycles. The van der Waals surface area contributed by atoms with Gasteiger partial charge in [-0.3, -0.25) is 5.41 Å². The van der Waals surface area contributed by atoms with Crippen molar-refractivity contribution in [2.24, 2.45) is 5.73 Å². The van der Waals surface area contributed by atoms with Crippen LogP contribution in [-0.4, -0.2) is 43.0 Å². The molecule has 0 saturated carbocycles. The topological polar surface area (TPSA) is 90.5 Å². The molecule has 0 amide bonds. The quantitative estimate of drug-likeness (QED) is 0.581. The van der Waals surface area contributed by atoms with Crippen LogP contribution in [0, 0.1) is 5.41 Å². The second kappa shape index (κ2) is 6.83. The average Bonchev–Trinajstić information content (AvgIpc) is 2.40. The van der Waals surface area contributed by atoms with Crippen molar-refractivity contribution in [3.63, 3.8) is 0 Å². The predicted octanol–water partition coefficient (Wildman–Crippen LogP) is 0.989. The van der Waals surface area contributed by atoms with Crippen LogP contribution in [-0.2, 0) is 16.8 Å². The molecular formula is C13H22N4O2S. The van der Waals surface area contributed by atoms with Gasteiger partial charge >= 0.3 is 0 Å². The Morgan fingerprint density at radius 3 is 2.40 bits per heavy atom. The maximum atomic E-state index is 12.3. The van der Waals surface area contributed by atoms with Crippen molar-refractivity contribution in [3.8, 4) is 0 Å². The lowest BCUT2D eigenvalue weighted by Gasteiger charge is -2.25. The van der Waals surface area contributed by atoms with E-state index in [9.17, 15) is 8.42 Å². The zero-order chi connectivity index (χ0) is 15.3. The summed E-state index contributed by atoms with van der Waals surface area (Å²) < 4.78 is 27.3. The lowest BCUT2D eigenvalue weighted by atomic mass is 10.1. The Morgan fingerprint density at radius 2 is 1.90 bits per heavy atom. The van der Waals surface area contributed by atoms with Crippen LogP contribution in [0.2, 0.25) is 0 Å². The highest BCUT2D eigenvalue weighted by Gasteiger charge is 2.24. The van der Waals surface area contributed by atoms with Crippen LogP contribution in [0.3, 0.4) is 0 Å². The van der Waals surface area contributed by atoms with Crippen molar-refractivity contribution in [1.82, 2.24) is 8.61 Å². The minimum Gasteiger partial charge on any atom is -0.384 e. The molecule has 0 spiro atoms. The molecule has 0 aliphatic heterocycles. The molecule has 0 bridgehead atoms. The number of amidine groups is 1. The van der Waals surface area contributed by atoms with Crippen LogP contribution in [0.25, 0.3) is 0 Å². The largest absolute Gasteiger partial charge is 0.384 e. The lowest BCUT2D eigenvalue weighted by molar-refractivity contribution is 0.375. The van der Waals surface area contributed by atoms with Gasteiger partial charge in [0.1, 0.15) is 5.84 Å². The van der Waals surface area contributed by atoms with E-state index in [1.807, 2.05) is 19.9 Å². The Hall–Kier alpha value is -1.44. The molecule has 1 aromatic rings. The molecule has 112 valence electrons. The number of hydrogen-bond acceptors (Lipinski definition) is 3. The summed E-state index contributed by atoms with van der Waals surface area (Å²) in [6.45, 7) is 4.75. The third-order valence-corrected chi connectivity index (χ3v) is 5.15. The Balaban J connectivity index is 2.93. The molecule has 20 heavy (non-hydrogen) atoms. The highest BCUT2D eigenvalue weighted by molar-refractivity contribution is 7.86. The van der Waals surface area contributed by atoms with Gasteiger partial charge in [0.2, 0.25) is 0 Å². The summed E-state index contributed by atoms with van der Waals surface area (Å²) >= 11 is 0. The fourth-order valence-corrected chi connectivity index (χ4v) is 3.28. The molecule has 0 aliphatic carbocycles. The van der Waals surface area contributed by atoms with Crippen LogP contribution >= 0.6 is 0 Å². The summed E-state index contributed by atoms with van der Waals surface area (Å²) in [5.41, 5.74) is 6.83. The number of benzene rings is 1. The first-order valence-electron chi connectivity index (χ1n) is 6.47. The number of hydrogen-bond donors (Lipinski definition) is 2. The van der Waals surface area contributed by atoms with Crippen molar-refractivity contribution in [2.75, 3.05) is 20.1 Å². The van der Waals surface area contributed by atoms with Crippen molar-refractivity contribution >= 4 is 16.0 Å². The average molecular weight is 298 g/mol. The smallest absolute Gasteiger partial charge is 0.282 e.